The van der Waals surface area contributed by atoms with E-state index >= 15 is 0 Å². The summed E-state index contributed by atoms with van der Waals surface area (Å²) in [7, 11) is 3.43. The van der Waals surface area contributed by atoms with Gasteiger partial charge in [0.1, 0.15) is 17.3 Å². The molecule has 0 aromatic heterocycles. The van der Waals surface area contributed by atoms with Crippen LogP contribution in [0.3, 0.4) is 0 Å². The van der Waals surface area contributed by atoms with Crippen LogP contribution in [0.25, 0.3) is 0 Å². The molecule has 1 aromatic rings. The number of ether oxygens (including phenoxy) is 2. The van der Waals surface area contributed by atoms with E-state index in [2.05, 4.69) is 32.9 Å². The summed E-state index contributed by atoms with van der Waals surface area (Å²) in [6.07, 6.45) is 6.35. The number of rotatable bonds is 8. The van der Waals surface area contributed by atoms with Gasteiger partial charge in [-0.1, -0.05) is 30.9 Å². The molecule has 0 saturated carbocycles. The molecule has 0 bridgehead atoms. The molecule has 3 heteroatoms. The van der Waals surface area contributed by atoms with Crippen LogP contribution in [-0.4, -0.2) is 20.0 Å². The fourth-order valence-electron chi connectivity index (χ4n) is 4.11. The van der Waals surface area contributed by atoms with Gasteiger partial charge in [0.25, 0.3) is 0 Å². The molecule has 0 N–H and O–H groups in total. The largest absolute Gasteiger partial charge is 0.496 e. The SMILES string of the molecule is CCCCCc1cc(OC)c([C@@H]2CC(C)=C(C)C[C@H]2C(C)=O)c(OC)c1. The van der Waals surface area contributed by atoms with E-state index in [1.54, 1.807) is 21.1 Å². The Hall–Kier alpha value is -1.77. The van der Waals surface area contributed by atoms with Crippen LogP contribution in [0.4, 0.5) is 0 Å². The van der Waals surface area contributed by atoms with Crippen LogP contribution in [-0.2, 0) is 11.2 Å². The number of benzene rings is 1. The van der Waals surface area contributed by atoms with E-state index in [1.165, 1.54) is 36.0 Å². The van der Waals surface area contributed by atoms with Crippen molar-refractivity contribution in [3.63, 3.8) is 0 Å². The minimum absolute atomic E-state index is 0.00700. The zero-order valence-corrected chi connectivity index (χ0v) is 17.3. The number of methoxy groups -OCH3 is 2. The Morgan fingerprint density at radius 1 is 1.04 bits per heavy atom. The lowest BCUT2D eigenvalue weighted by atomic mass is 9.71. The molecule has 3 nitrogen and oxygen atoms in total. The van der Waals surface area contributed by atoms with Crippen LogP contribution in [0.15, 0.2) is 23.3 Å². The predicted octanol–water partition coefficient (Wildman–Crippen LogP) is 5.86. The van der Waals surface area contributed by atoms with Gasteiger partial charge in [0, 0.05) is 17.4 Å². The number of hydrogen-bond donors (Lipinski definition) is 0. The first-order valence-electron chi connectivity index (χ1n) is 9.83. The van der Waals surface area contributed by atoms with Gasteiger partial charge in [0.15, 0.2) is 0 Å². The highest BCUT2D eigenvalue weighted by Crippen LogP contribution is 2.48. The molecule has 1 aliphatic carbocycles. The molecule has 0 unspecified atom stereocenters. The zero-order valence-electron chi connectivity index (χ0n) is 17.3. The molecule has 1 aliphatic rings. The van der Waals surface area contributed by atoms with Crippen LogP contribution in [0.5, 0.6) is 11.5 Å². The third-order valence-electron chi connectivity index (χ3n) is 5.83. The summed E-state index contributed by atoms with van der Waals surface area (Å²) in [4.78, 5) is 12.4. The number of unbranched alkanes of at least 4 members (excludes halogenated alkanes) is 2. The van der Waals surface area contributed by atoms with E-state index in [0.717, 1.165) is 36.3 Å². The van der Waals surface area contributed by atoms with Crippen LogP contribution < -0.4 is 9.47 Å². The van der Waals surface area contributed by atoms with Gasteiger partial charge in [-0.05, 0) is 64.2 Å². The molecule has 2 rings (SSSR count). The fourth-order valence-corrected chi connectivity index (χ4v) is 4.11. The van der Waals surface area contributed by atoms with Crippen LogP contribution in [0.2, 0.25) is 0 Å². The van der Waals surface area contributed by atoms with Crippen molar-refractivity contribution in [1.29, 1.82) is 0 Å². The molecule has 0 radical (unpaired) electrons. The molecular formula is C23H34O3. The quantitative estimate of drug-likeness (QED) is 0.431. The zero-order chi connectivity index (χ0) is 19.3. The van der Waals surface area contributed by atoms with Crippen LogP contribution in [0, 0.1) is 5.92 Å². The van der Waals surface area contributed by atoms with Crippen molar-refractivity contribution >= 4 is 5.78 Å². The van der Waals surface area contributed by atoms with Crippen molar-refractivity contribution in [2.24, 2.45) is 5.92 Å². The van der Waals surface area contributed by atoms with Gasteiger partial charge in [-0.25, -0.2) is 0 Å². The van der Waals surface area contributed by atoms with Crippen LogP contribution >= 0.6 is 0 Å². The van der Waals surface area contributed by atoms with Gasteiger partial charge < -0.3 is 9.47 Å². The molecule has 1 aromatic carbocycles. The third-order valence-corrected chi connectivity index (χ3v) is 5.83. The number of allylic oxidation sites excluding steroid dienone is 2. The third kappa shape index (κ3) is 4.49. The molecule has 26 heavy (non-hydrogen) atoms. The smallest absolute Gasteiger partial charge is 0.133 e. The summed E-state index contributed by atoms with van der Waals surface area (Å²) in [6, 6.07) is 4.29. The summed E-state index contributed by atoms with van der Waals surface area (Å²) in [6.45, 7) is 8.25. The number of aryl methyl sites for hydroxylation is 1. The molecule has 0 heterocycles. The standard InChI is InChI=1S/C23H34O3/c1-7-8-9-10-18-13-21(25-5)23(22(14-18)26-6)20-12-16(3)15(2)11-19(20)17(4)24/h13-14,19-20H,7-12H2,1-6H3/t19-,20+/m0/s1. The maximum absolute atomic E-state index is 12.4. The number of carbonyl (C=O) groups excluding carboxylic acids is 1. The highest BCUT2D eigenvalue weighted by molar-refractivity contribution is 5.80. The lowest BCUT2D eigenvalue weighted by molar-refractivity contribution is -0.121. The Morgan fingerprint density at radius 3 is 2.12 bits per heavy atom. The first-order valence-corrected chi connectivity index (χ1v) is 9.83. The Kier molecular flexibility index (Phi) is 7.31. The lowest BCUT2D eigenvalue weighted by Gasteiger charge is -2.33. The lowest BCUT2D eigenvalue weighted by Crippen LogP contribution is -2.25. The van der Waals surface area contributed by atoms with E-state index in [-0.39, 0.29) is 17.6 Å². The van der Waals surface area contributed by atoms with Crippen molar-refractivity contribution in [3.8, 4) is 11.5 Å². The summed E-state index contributed by atoms with van der Waals surface area (Å²) >= 11 is 0. The van der Waals surface area contributed by atoms with Gasteiger partial charge in [-0.2, -0.15) is 0 Å². The number of Topliss-reactive ketones (excluding diaryl/α,β-unsaturated/α-hetero) is 1. The van der Waals surface area contributed by atoms with Crippen molar-refractivity contribution in [2.45, 2.75) is 72.1 Å². The van der Waals surface area contributed by atoms with Gasteiger partial charge in [-0.3, -0.25) is 4.79 Å². The second-order valence-corrected chi connectivity index (χ2v) is 7.66. The van der Waals surface area contributed by atoms with E-state index in [9.17, 15) is 4.79 Å². The molecule has 0 fully saturated rings. The Morgan fingerprint density at radius 2 is 1.62 bits per heavy atom. The summed E-state index contributed by atoms with van der Waals surface area (Å²) < 4.78 is 11.5. The number of hydrogen-bond acceptors (Lipinski definition) is 3. The van der Waals surface area contributed by atoms with Gasteiger partial charge in [0.2, 0.25) is 0 Å². The Balaban J connectivity index is 2.47. The first kappa shape index (κ1) is 20.5. The van der Waals surface area contributed by atoms with Gasteiger partial charge >= 0.3 is 0 Å². The van der Waals surface area contributed by atoms with E-state index in [4.69, 9.17) is 9.47 Å². The molecule has 0 spiro atoms. The summed E-state index contributed by atoms with van der Waals surface area (Å²) in [5, 5.41) is 0. The normalized spacial score (nSPS) is 20.2. The molecule has 0 aliphatic heterocycles. The van der Waals surface area contributed by atoms with Crippen molar-refractivity contribution in [1.82, 2.24) is 0 Å². The highest BCUT2D eigenvalue weighted by Gasteiger charge is 2.35. The van der Waals surface area contributed by atoms with Crippen LogP contribution in [0.1, 0.15) is 76.8 Å². The molecular weight excluding hydrogens is 324 g/mol. The Bertz CT molecular complexity index is 647. The van der Waals surface area contributed by atoms with Crippen molar-refractivity contribution in [2.75, 3.05) is 14.2 Å². The minimum Gasteiger partial charge on any atom is -0.496 e. The molecule has 0 amide bonds. The van der Waals surface area contributed by atoms with E-state index in [1.807, 2.05) is 0 Å². The highest BCUT2D eigenvalue weighted by atomic mass is 16.5. The average Bonchev–Trinajstić information content (AvgIpc) is 2.62. The number of carbonyl (C=O) groups is 1. The first-order chi connectivity index (χ1) is 12.4. The average molecular weight is 359 g/mol. The van der Waals surface area contributed by atoms with Crippen molar-refractivity contribution < 1.29 is 14.3 Å². The maximum Gasteiger partial charge on any atom is 0.133 e. The predicted molar refractivity (Wildman–Crippen MR) is 107 cm³/mol. The number of ketones is 1. The summed E-state index contributed by atoms with van der Waals surface area (Å²) in [5.41, 5.74) is 5.02. The second kappa shape index (κ2) is 9.25. The summed E-state index contributed by atoms with van der Waals surface area (Å²) in [5.74, 6) is 2.08. The Labute approximate surface area is 158 Å². The van der Waals surface area contributed by atoms with Crippen molar-refractivity contribution in [3.05, 3.63) is 34.4 Å². The van der Waals surface area contributed by atoms with Gasteiger partial charge in [0.05, 0.1) is 14.2 Å². The fraction of sp³-hybridized carbons (Fsp3) is 0.609. The minimum atomic E-state index is -0.00700. The van der Waals surface area contributed by atoms with E-state index < -0.39 is 0 Å². The van der Waals surface area contributed by atoms with E-state index in [0.29, 0.717) is 0 Å². The molecule has 0 saturated heterocycles. The topological polar surface area (TPSA) is 35.5 Å². The van der Waals surface area contributed by atoms with Gasteiger partial charge in [-0.15, -0.1) is 0 Å². The molecule has 144 valence electrons. The monoisotopic (exact) mass is 358 g/mol. The second-order valence-electron chi connectivity index (χ2n) is 7.66. The molecule has 2 atom stereocenters. The maximum atomic E-state index is 12.4.